The van der Waals surface area contributed by atoms with E-state index in [1.165, 1.54) is 30.5 Å². The van der Waals surface area contributed by atoms with Gasteiger partial charge < -0.3 is 16.2 Å². The summed E-state index contributed by atoms with van der Waals surface area (Å²) in [6.45, 7) is 0. The number of halogens is 3. The van der Waals surface area contributed by atoms with E-state index in [2.05, 4.69) is 15.3 Å². The van der Waals surface area contributed by atoms with Gasteiger partial charge in [-0.25, -0.2) is 18.2 Å². The van der Waals surface area contributed by atoms with Crippen LogP contribution in [0.1, 0.15) is 48.2 Å². The molecule has 196 valence electrons. The second-order valence-electron chi connectivity index (χ2n) is 9.66. The van der Waals surface area contributed by atoms with Crippen LogP contribution in [0.5, 0.6) is 0 Å². The molecule has 10 heteroatoms. The van der Waals surface area contributed by atoms with E-state index in [-0.39, 0.29) is 50.1 Å². The summed E-state index contributed by atoms with van der Waals surface area (Å²) in [5.41, 5.74) is 7.43. The predicted molar refractivity (Wildman–Crippen MR) is 131 cm³/mol. The summed E-state index contributed by atoms with van der Waals surface area (Å²) in [7, 11) is 0. The minimum atomic E-state index is -2.77. The topological polar surface area (TPSA) is 118 Å². The third kappa shape index (κ3) is 6.82. The molecule has 1 heterocycles. The number of nitrogens with zero attached hydrogens (tertiary/aromatic N) is 2. The quantitative estimate of drug-likeness (QED) is 0.402. The monoisotopic (exact) mass is 514 g/mol. The molecule has 3 aromatic rings. The summed E-state index contributed by atoms with van der Waals surface area (Å²) in [6.07, 6.45) is -0.328. The van der Waals surface area contributed by atoms with Gasteiger partial charge in [0.05, 0.1) is 29.4 Å². The number of rotatable bonds is 9. The third-order valence-corrected chi connectivity index (χ3v) is 7.02. The normalized spacial score (nSPS) is 18.2. The number of para-hydroxylation sites is 2. The maximum Gasteiger partial charge on any atom is 0.271 e. The Labute approximate surface area is 212 Å². The van der Waals surface area contributed by atoms with Gasteiger partial charge in [-0.05, 0) is 61.4 Å². The maximum atomic E-state index is 13.7. The molecule has 7 nitrogen and oxygen atoms in total. The van der Waals surface area contributed by atoms with Gasteiger partial charge in [0.1, 0.15) is 11.5 Å². The molecule has 2 aromatic carbocycles. The summed E-state index contributed by atoms with van der Waals surface area (Å²) in [6, 6.07) is 11.8. The maximum absolute atomic E-state index is 13.7. The molecule has 1 aliphatic carbocycles. The van der Waals surface area contributed by atoms with E-state index in [0.717, 1.165) is 0 Å². The van der Waals surface area contributed by atoms with Crippen LogP contribution in [0.3, 0.4) is 0 Å². The number of carbonyl (C=O) groups is 2. The van der Waals surface area contributed by atoms with Gasteiger partial charge in [-0.2, -0.15) is 0 Å². The minimum absolute atomic E-state index is 0.0379. The number of carbonyl (C=O) groups excluding carboxylic acids is 2. The summed E-state index contributed by atoms with van der Waals surface area (Å²) in [4.78, 5) is 33.9. The molecule has 0 saturated heterocycles. The molecule has 1 saturated carbocycles. The lowest BCUT2D eigenvalue weighted by atomic mass is 9.75. The molecule has 1 aromatic heterocycles. The van der Waals surface area contributed by atoms with Crippen molar-refractivity contribution in [1.82, 2.24) is 15.3 Å². The highest BCUT2D eigenvalue weighted by Crippen LogP contribution is 2.40. The van der Waals surface area contributed by atoms with Crippen molar-refractivity contribution in [2.24, 2.45) is 17.6 Å². The van der Waals surface area contributed by atoms with Crippen LogP contribution in [0, 0.1) is 17.7 Å². The fourth-order valence-electron chi connectivity index (χ4n) is 4.90. The lowest BCUT2D eigenvalue weighted by Gasteiger charge is -2.34. The number of primary amides is 1. The molecular formula is C27H29F3N4O3. The number of nitrogens with two attached hydrogens (primary N) is 1. The van der Waals surface area contributed by atoms with Gasteiger partial charge in [0.15, 0.2) is 0 Å². The van der Waals surface area contributed by atoms with E-state index in [1.807, 2.05) is 0 Å². The summed E-state index contributed by atoms with van der Waals surface area (Å²) in [5.74, 6) is -5.69. The van der Waals surface area contributed by atoms with Crippen LogP contribution in [0.25, 0.3) is 11.0 Å². The lowest BCUT2D eigenvalue weighted by Crippen LogP contribution is -2.47. The van der Waals surface area contributed by atoms with E-state index in [4.69, 9.17) is 5.73 Å². The molecule has 3 atom stereocenters. The van der Waals surface area contributed by atoms with Gasteiger partial charge in [-0.3, -0.25) is 14.6 Å². The Morgan fingerprint density at radius 3 is 2.38 bits per heavy atom. The predicted octanol–water partition coefficient (Wildman–Crippen LogP) is 3.79. The molecule has 1 fully saturated rings. The molecule has 0 spiro atoms. The van der Waals surface area contributed by atoms with Crippen molar-refractivity contribution in [3.8, 4) is 0 Å². The number of fused-ring (bicyclic) bond motifs is 1. The Kier molecular flexibility index (Phi) is 8.06. The molecule has 2 amide bonds. The Hall–Kier alpha value is -3.53. The van der Waals surface area contributed by atoms with Crippen molar-refractivity contribution in [3.05, 3.63) is 71.8 Å². The van der Waals surface area contributed by atoms with Crippen LogP contribution in [-0.2, 0) is 11.2 Å². The van der Waals surface area contributed by atoms with Crippen LogP contribution in [0.15, 0.2) is 54.7 Å². The average molecular weight is 515 g/mol. The SMILES string of the molecule is NC(=O)C(CC(O)C(Cc1ccc(F)cc1)NC(=O)c1cnc2ccccc2n1)C1CCC(F)(F)CC1. The van der Waals surface area contributed by atoms with Crippen molar-refractivity contribution >= 4 is 22.8 Å². The number of aliphatic hydroxyl groups excluding tert-OH is 1. The lowest BCUT2D eigenvalue weighted by molar-refractivity contribution is -0.127. The van der Waals surface area contributed by atoms with Gasteiger partial charge in [0, 0.05) is 18.8 Å². The Morgan fingerprint density at radius 2 is 1.73 bits per heavy atom. The average Bonchev–Trinajstić information content (AvgIpc) is 2.87. The van der Waals surface area contributed by atoms with Crippen LogP contribution >= 0.6 is 0 Å². The molecule has 4 N–H and O–H groups in total. The largest absolute Gasteiger partial charge is 0.391 e. The molecule has 3 unspecified atom stereocenters. The number of aromatic nitrogens is 2. The second kappa shape index (κ2) is 11.2. The number of hydrogen-bond acceptors (Lipinski definition) is 5. The second-order valence-corrected chi connectivity index (χ2v) is 9.66. The Morgan fingerprint density at radius 1 is 1.08 bits per heavy atom. The zero-order valence-corrected chi connectivity index (χ0v) is 20.1. The van der Waals surface area contributed by atoms with Gasteiger partial charge in [0.2, 0.25) is 11.8 Å². The van der Waals surface area contributed by atoms with E-state index < -0.39 is 41.6 Å². The summed E-state index contributed by atoms with van der Waals surface area (Å²) < 4.78 is 40.7. The number of amides is 2. The first-order valence-electron chi connectivity index (χ1n) is 12.2. The highest BCUT2D eigenvalue weighted by atomic mass is 19.3. The molecule has 0 bridgehead atoms. The van der Waals surface area contributed by atoms with Crippen LogP contribution < -0.4 is 11.1 Å². The van der Waals surface area contributed by atoms with Gasteiger partial charge in [-0.1, -0.05) is 24.3 Å². The number of benzene rings is 2. The molecule has 0 aliphatic heterocycles. The fourth-order valence-corrected chi connectivity index (χ4v) is 4.90. The van der Waals surface area contributed by atoms with Gasteiger partial charge in [0.25, 0.3) is 5.91 Å². The van der Waals surface area contributed by atoms with Gasteiger partial charge >= 0.3 is 0 Å². The summed E-state index contributed by atoms with van der Waals surface area (Å²) >= 11 is 0. The molecular weight excluding hydrogens is 485 g/mol. The molecule has 1 aliphatic rings. The number of hydrogen-bond donors (Lipinski definition) is 3. The standard InChI is InChI=1S/C27H29F3N4O3/c28-18-7-5-16(6-8-18)13-22(34-26(37)23-15-32-20-3-1-2-4-21(20)33-23)24(35)14-19(25(31)36)17-9-11-27(29,30)12-10-17/h1-8,15,17,19,22,24,35H,9-14H2,(H2,31,36)(H,34,37). The molecule has 37 heavy (non-hydrogen) atoms. The first-order chi connectivity index (χ1) is 17.6. The number of nitrogens with one attached hydrogen (secondary N) is 1. The highest BCUT2D eigenvalue weighted by molar-refractivity contribution is 5.94. The van der Waals surface area contributed by atoms with Gasteiger partial charge in [-0.15, -0.1) is 0 Å². The van der Waals surface area contributed by atoms with Crippen molar-refractivity contribution < 1.29 is 27.9 Å². The first kappa shape index (κ1) is 26.5. The van der Waals surface area contributed by atoms with Crippen molar-refractivity contribution in [1.29, 1.82) is 0 Å². The first-order valence-corrected chi connectivity index (χ1v) is 12.2. The number of aliphatic hydroxyl groups is 1. The van der Waals surface area contributed by atoms with E-state index in [0.29, 0.717) is 16.6 Å². The zero-order chi connectivity index (χ0) is 26.6. The zero-order valence-electron chi connectivity index (χ0n) is 20.1. The van der Waals surface area contributed by atoms with Crippen molar-refractivity contribution in [3.63, 3.8) is 0 Å². The Bertz CT molecular complexity index is 1250. The van der Waals surface area contributed by atoms with Crippen molar-refractivity contribution in [2.45, 2.75) is 56.6 Å². The van der Waals surface area contributed by atoms with E-state index in [9.17, 15) is 27.9 Å². The third-order valence-electron chi connectivity index (χ3n) is 7.02. The minimum Gasteiger partial charge on any atom is -0.391 e. The number of alkyl halides is 2. The van der Waals surface area contributed by atoms with E-state index >= 15 is 0 Å². The van der Waals surface area contributed by atoms with Crippen LogP contribution in [0.2, 0.25) is 0 Å². The van der Waals surface area contributed by atoms with Crippen molar-refractivity contribution in [2.75, 3.05) is 0 Å². The molecule has 4 rings (SSSR count). The van der Waals surface area contributed by atoms with Crippen LogP contribution in [-0.4, -0.2) is 45.0 Å². The smallest absolute Gasteiger partial charge is 0.271 e. The molecule has 0 radical (unpaired) electrons. The Balaban J connectivity index is 1.53. The fraction of sp³-hybridized carbons (Fsp3) is 0.407. The summed E-state index contributed by atoms with van der Waals surface area (Å²) in [5, 5.41) is 13.9. The van der Waals surface area contributed by atoms with E-state index in [1.54, 1.807) is 24.3 Å². The van der Waals surface area contributed by atoms with Crippen LogP contribution in [0.4, 0.5) is 13.2 Å². The highest BCUT2D eigenvalue weighted by Gasteiger charge is 2.40.